The first kappa shape index (κ1) is 21.4. The summed E-state index contributed by atoms with van der Waals surface area (Å²) in [6.45, 7) is -0.975. The van der Waals surface area contributed by atoms with Crippen LogP contribution in [0.1, 0.15) is 11.1 Å². The van der Waals surface area contributed by atoms with E-state index in [1.165, 1.54) is 32.3 Å². The maximum absolute atomic E-state index is 3.14. The quantitative estimate of drug-likeness (QED) is 0.268. The molecule has 0 aliphatic heterocycles. The standard InChI is InChI=1S/C32H29P/c1-27-22-24-32(25-23-27)33(29-16-8-3-9-17-29,30-18-10-4-11-19-30,31-20-12-5-13-21-31)26-28-14-6-2-7-15-28/h2-25H,26H2,1H3. The van der Waals surface area contributed by atoms with Gasteiger partial charge in [-0.25, -0.2) is 0 Å². The molecule has 162 valence electrons. The van der Waals surface area contributed by atoms with Crippen LogP contribution in [0.3, 0.4) is 0 Å². The Labute approximate surface area is 197 Å². The predicted molar refractivity (Wildman–Crippen MR) is 146 cm³/mol. The van der Waals surface area contributed by atoms with Gasteiger partial charge >= 0.3 is 198 Å². The SMILES string of the molecule is Cc1ccc(P(Cc2ccccc2)(c2ccccc2)(c2ccccc2)c2ccccc2)cc1. The van der Waals surface area contributed by atoms with E-state index in [9.17, 15) is 0 Å². The Kier molecular flexibility index (Phi) is 5.71. The fraction of sp³-hybridized carbons (Fsp3) is 0.0625. The van der Waals surface area contributed by atoms with Crippen molar-refractivity contribution in [1.29, 1.82) is 0 Å². The molecule has 0 saturated heterocycles. The van der Waals surface area contributed by atoms with Crippen LogP contribution in [0, 0.1) is 6.92 Å². The summed E-state index contributed by atoms with van der Waals surface area (Å²) in [6, 6.07) is 54.0. The molecule has 5 rings (SSSR count). The number of hydrogen-bond donors (Lipinski definition) is 0. The Balaban J connectivity index is 2.03. The van der Waals surface area contributed by atoms with Gasteiger partial charge in [0.15, 0.2) is 0 Å². The van der Waals surface area contributed by atoms with E-state index in [0.717, 1.165) is 6.16 Å². The van der Waals surface area contributed by atoms with E-state index in [2.05, 4.69) is 153 Å². The van der Waals surface area contributed by atoms with E-state index in [1.54, 1.807) is 0 Å². The molecule has 1 heteroatoms. The third kappa shape index (κ3) is 3.43. The summed E-state index contributed by atoms with van der Waals surface area (Å²) >= 11 is 0. The Morgan fingerprint density at radius 3 is 1.12 bits per heavy atom. The molecule has 0 spiro atoms. The fourth-order valence-corrected chi connectivity index (χ4v) is 12.1. The van der Waals surface area contributed by atoms with Crippen molar-refractivity contribution >= 4 is 27.8 Å². The minimum absolute atomic E-state index is 0.938. The van der Waals surface area contributed by atoms with E-state index in [-0.39, 0.29) is 0 Å². The molecule has 5 aromatic rings. The second-order valence-corrected chi connectivity index (χ2v) is 13.8. The van der Waals surface area contributed by atoms with Gasteiger partial charge in [-0.15, -0.1) is 0 Å². The Morgan fingerprint density at radius 2 is 0.727 bits per heavy atom. The van der Waals surface area contributed by atoms with Gasteiger partial charge in [0.2, 0.25) is 0 Å². The number of benzene rings is 5. The predicted octanol–water partition coefficient (Wildman–Crippen LogP) is 6.35. The van der Waals surface area contributed by atoms with E-state index in [0.29, 0.717) is 0 Å². The van der Waals surface area contributed by atoms with Crippen LogP contribution >= 0.6 is 6.60 Å². The van der Waals surface area contributed by atoms with Crippen molar-refractivity contribution in [3.8, 4) is 0 Å². The van der Waals surface area contributed by atoms with Crippen molar-refractivity contribution in [1.82, 2.24) is 0 Å². The summed E-state index contributed by atoms with van der Waals surface area (Å²) in [7, 11) is 0. The van der Waals surface area contributed by atoms with E-state index in [4.69, 9.17) is 0 Å². The zero-order valence-electron chi connectivity index (χ0n) is 19.0. The fourth-order valence-electron chi connectivity index (χ4n) is 5.35. The van der Waals surface area contributed by atoms with E-state index >= 15 is 0 Å². The second kappa shape index (κ2) is 8.81. The first-order valence-corrected chi connectivity index (χ1v) is 13.9. The average Bonchev–Trinajstić information content (AvgIpc) is 2.90. The molecule has 0 bridgehead atoms. The van der Waals surface area contributed by atoms with E-state index in [1.807, 2.05) is 0 Å². The topological polar surface area (TPSA) is 0 Å². The summed E-state index contributed by atoms with van der Waals surface area (Å²) in [5, 5.41) is 5.59. The zero-order valence-corrected chi connectivity index (χ0v) is 19.9. The third-order valence-electron chi connectivity index (χ3n) is 6.92. The van der Waals surface area contributed by atoms with Crippen molar-refractivity contribution < 1.29 is 0 Å². The van der Waals surface area contributed by atoms with Crippen LogP contribution in [-0.2, 0) is 6.16 Å². The Morgan fingerprint density at radius 1 is 0.394 bits per heavy atom. The van der Waals surface area contributed by atoms with Crippen molar-refractivity contribution in [2.24, 2.45) is 0 Å². The van der Waals surface area contributed by atoms with Crippen LogP contribution in [0.25, 0.3) is 0 Å². The van der Waals surface area contributed by atoms with Crippen LogP contribution in [0.5, 0.6) is 0 Å². The van der Waals surface area contributed by atoms with E-state index < -0.39 is 6.60 Å². The van der Waals surface area contributed by atoms with Gasteiger partial charge in [-0.1, -0.05) is 0 Å². The molecule has 33 heavy (non-hydrogen) atoms. The molecule has 0 saturated carbocycles. The number of rotatable bonds is 6. The van der Waals surface area contributed by atoms with Crippen molar-refractivity contribution in [3.05, 3.63) is 157 Å². The van der Waals surface area contributed by atoms with Gasteiger partial charge in [0.1, 0.15) is 0 Å². The maximum atomic E-state index is 2.38. The number of hydrogen-bond acceptors (Lipinski definition) is 0. The van der Waals surface area contributed by atoms with Crippen LogP contribution in [0.2, 0.25) is 0 Å². The van der Waals surface area contributed by atoms with Crippen molar-refractivity contribution in [2.75, 3.05) is 0 Å². The van der Waals surface area contributed by atoms with Crippen LogP contribution < -0.4 is 21.2 Å². The van der Waals surface area contributed by atoms with Crippen LogP contribution in [-0.4, -0.2) is 0 Å². The molecule has 0 atom stereocenters. The van der Waals surface area contributed by atoms with Gasteiger partial charge in [0.25, 0.3) is 0 Å². The van der Waals surface area contributed by atoms with Crippen LogP contribution in [0.15, 0.2) is 146 Å². The molecular formula is C32H29P. The molecular weight excluding hydrogens is 415 g/mol. The van der Waals surface area contributed by atoms with Gasteiger partial charge in [0.05, 0.1) is 0 Å². The molecule has 5 aromatic carbocycles. The van der Waals surface area contributed by atoms with Crippen molar-refractivity contribution in [2.45, 2.75) is 13.1 Å². The van der Waals surface area contributed by atoms with Crippen LogP contribution in [0.4, 0.5) is 0 Å². The van der Waals surface area contributed by atoms with Gasteiger partial charge in [0, 0.05) is 0 Å². The first-order valence-electron chi connectivity index (χ1n) is 11.5. The molecule has 0 aliphatic carbocycles. The Hall–Kier alpha value is -3.47. The average molecular weight is 445 g/mol. The number of aryl methyl sites for hydroxylation is 1. The molecule has 0 aliphatic rings. The van der Waals surface area contributed by atoms with Gasteiger partial charge in [-0.2, -0.15) is 0 Å². The molecule has 0 aromatic heterocycles. The van der Waals surface area contributed by atoms with Crippen molar-refractivity contribution in [3.63, 3.8) is 0 Å². The molecule has 0 unspecified atom stereocenters. The molecule has 0 amide bonds. The summed E-state index contributed by atoms with van der Waals surface area (Å²) in [5.74, 6) is 0. The second-order valence-electron chi connectivity index (χ2n) is 8.79. The molecule has 0 N–H and O–H groups in total. The van der Waals surface area contributed by atoms with Gasteiger partial charge in [-0.3, -0.25) is 0 Å². The third-order valence-corrected chi connectivity index (χ3v) is 13.7. The summed E-state index contributed by atoms with van der Waals surface area (Å²) < 4.78 is 0. The molecule has 0 heterocycles. The molecule has 0 radical (unpaired) electrons. The zero-order chi connectivity index (χ0) is 22.6. The monoisotopic (exact) mass is 444 g/mol. The minimum atomic E-state index is -3.14. The molecule has 0 fully saturated rings. The van der Waals surface area contributed by atoms with Gasteiger partial charge in [-0.05, 0) is 0 Å². The summed E-state index contributed by atoms with van der Waals surface area (Å²) in [5.41, 5.74) is 2.64. The summed E-state index contributed by atoms with van der Waals surface area (Å²) in [6.07, 6.45) is 0.938. The normalized spacial score (nSPS) is 12.6. The summed E-state index contributed by atoms with van der Waals surface area (Å²) in [4.78, 5) is 0. The first-order chi connectivity index (χ1) is 16.2. The molecule has 0 nitrogen and oxygen atoms in total. The Bertz CT molecular complexity index is 1210. The van der Waals surface area contributed by atoms with Gasteiger partial charge < -0.3 is 0 Å².